The van der Waals surface area contributed by atoms with Crippen molar-refractivity contribution in [2.75, 3.05) is 19.6 Å². The van der Waals surface area contributed by atoms with Crippen LogP contribution in [0.1, 0.15) is 53.2 Å². The number of carbonyl (C=O) groups is 1. The summed E-state index contributed by atoms with van der Waals surface area (Å²) in [5.74, 6) is 0.00698. The normalized spacial score (nSPS) is 16.2. The van der Waals surface area contributed by atoms with E-state index >= 15 is 0 Å². The summed E-state index contributed by atoms with van der Waals surface area (Å²) < 4.78 is 0. The molecule has 2 aromatic carbocycles. The number of carbonyl (C=O) groups excluding carboxylic acids is 1. The maximum Gasteiger partial charge on any atom is 0.251 e. The largest absolute Gasteiger partial charge is 0.350 e. The third-order valence-corrected chi connectivity index (χ3v) is 5.04. The minimum Gasteiger partial charge on any atom is -0.350 e. The van der Waals surface area contributed by atoms with Gasteiger partial charge in [0.05, 0.1) is 6.04 Å². The Bertz CT molecular complexity index is 664. The molecular weight excluding hydrogens is 344 g/mol. The van der Waals surface area contributed by atoms with Gasteiger partial charge in [0.2, 0.25) is 0 Å². The Morgan fingerprint density at radius 3 is 2.19 bits per heavy atom. The number of hydrogen-bond donors (Lipinski definition) is 1. The van der Waals surface area contributed by atoms with Crippen LogP contribution in [-0.4, -0.2) is 30.4 Å². The SMILES string of the molecule is Cc1ccc(C(CNC(=O)c2ccccc2)N2CCCCCC2)cc1.Cl. The van der Waals surface area contributed by atoms with Crippen LogP contribution in [0.25, 0.3) is 0 Å². The van der Waals surface area contributed by atoms with Crippen molar-refractivity contribution in [3.8, 4) is 0 Å². The number of nitrogens with one attached hydrogen (secondary N) is 1. The fourth-order valence-electron chi connectivity index (χ4n) is 3.53. The number of amides is 1. The van der Waals surface area contributed by atoms with E-state index in [9.17, 15) is 4.79 Å². The second-order valence-electron chi connectivity index (χ2n) is 6.95. The van der Waals surface area contributed by atoms with Gasteiger partial charge < -0.3 is 5.32 Å². The zero-order chi connectivity index (χ0) is 17.5. The summed E-state index contributed by atoms with van der Waals surface area (Å²) in [6.07, 6.45) is 5.12. The molecule has 26 heavy (non-hydrogen) atoms. The van der Waals surface area contributed by atoms with E-state index in [1.165, 1.54) is 36.8 Å². The molecule has 1 amide bonds. The molecule has 140 valence electrons. The van der Waals surface area contributed by atoms with Crippen LogP contribution in [-0.2, 0) is 0 Å². The third kappa shape index (κ3) is 5.58. The van der Waals surface area contributed by atoms with Crippen LogP contribution >= 0.6 is 12.4 Å². The summed E-state index contributed by atoms with van der Waals surface area (Å²) >= 11 is 0. The van der Waals surface area contributed by atoms with Crippen LogP contribution in [0, 0.1) is 6.92 Å². The van der Waals surface area contributed by atoms with Crippen LogP contribution in [0.2, 0.25) is 0 Å². The first kappa shape index (κ1) is 20.5. The standard InChI is InChI=1S/C22H28N2O.ClH/c1-18-11-13-19(14-12-18)21(24-15-7-2-3-8-16-24)17-23-22(25)20-9-5-4-6-10-20;/h4-6,9-14,21H,2-3,7-8,15-17H2,1H3,(H,23,25);1H. The van der Waals surface area contributed by atoms with Gasteiger partial charge in [0.25, 0.3) is 5.91 Å². The van der Waals surface area contributed by atoms with Crippen molar-refractivity contribution < 1.29 is 4.79 Å². The van der Waals surface area contributed by atoms with Crippen molar-refractivity contribution in [3.63, 3.8) is 0 Å². The van der Waals surface area contributed by atoms with Crippen LogP contribution in [0.5, 0.6) is 0 Å². The van der Waals surface area contributed by atoms with Crippen molar-refractivity contribution in [1.29, 1.82) is 0 Å². The van der Waals surface area contributed by atoms with E-state index in [0.717, 1.165) is 18.7 Å². The van der Waals surface area contributed by atoms with Crippen molar-refractivity contribution >= 4 is 18.3 Å². The van der Waals surface area contributed by atoms with E-state index in [4.69, 9.17) is 0 Å². The van der Waals surface area contributed by atoms with Gasteiger partial charge in [-0.3, -0.25) is 9.69 Å². The Balaban J connectivity index is 0.00000243. The molecule has 1 atom stereocenters. The lowest BCUT2D eigenvalue weighted by molar-refractivity contribution is 0.0933. The van der Waals surface area contributed by atoms with Gasteiger partial charge in [-0.05, 0) is 50.6 Å². The van der Waals surface area contributed by atoms with Gasteiger partial charge in [-0.2, -0.15) is 0 Å². The van der Waals surface area contributed by atoms with Gasteiger partial charge in [0, 0.05) is 12.1 Å². The molecule has 0 bridgehead atoms. The first-order valence-electron chi connectivity index (χ1n) is 9.38. The molecule has 1 saturated heterocycles. The van der Waals surface area contributed by atoms with Crippen LogP contribution in [0.4, 0.5) is 0 Å². The van der Waals surface area contributed by atoms with E-state index in [1.807, 2.05) is 30.3 Å². The Morgan fingerprint density at radius 1 is 0.962 bits per heavy atom. The molecular formula is C22H29ClN2O. The topological polar surface area (TPSA) is 32.3 Å². The summed E-state index contributed by atoms with van der Waals surface area (Å²) in [6, 6.07) is 18.5. The van der Waals surface area contributed by atoms with Gasteiger partial charge in [-0.25, -0.2) is 0 Å². The second-order valence-corrected chi connectivity index (χ2v) is 6.95. The number of halogens is 1. The lowest BCUT2D eigenvalue weighted by Crippen LogP contribution is -2.38. The lowest BCUT2D eigenvalue weighted by atomic mass is 10.0. The fourth-order valence-corrected chi connectivity index (χ4v) is 3.53. The Kier molecular flexibility index (Phi) is 8.14. The zero-order valence-electron chi connectivity index (χ0n) is 15.5. The average Bonchev–Trinajstić information content (AvgIpc) is 2.93. The Morgan fingerprint density at radius 2 is 1.58 bits per heavy atom. The van der Waals surface area contributed by atoms with Crippen LogP contribution in [0.3, 0.4) is 0 Å². The van der Waals surface area contributed by atoms with Gasteiger partial charge in [0.15, 0.2) is 0 Å². The molecule has 1 N–H and O–H groups in total. The third-order valence-electron chi connectivity index (χ3n) is 5.04. The highest BCUT2D eigenvalue weighted by Gasteiger charge is 2.22. The maximum absolute atomic E-state index is 12.5. The summed E-state index contributed by atoms with van der Waals surface area (Å²) in [5, 5.41) is 3.15. The first-order chi connectivity index (χ1) is 12.2. The quantitative estimate of drug-likeness (QED) is 0.820. The molecule has 0 aliphatic carbocycles. The molecule has 1 aliphatic heterocycles. The van der Waals surface area contributed by atoms with Crippen molar-refractivity contribution in [2.45, 2.75) is 38.6 Å². The number of benzene rings is 2. The predicted octanol–water partition coefficient (Wildman–Crippen LogP) is 4.76. The van der Waals surface area contributed by atoms with Gasteiger partial charge in [-0.15, -0.1) is 12.4 Å². The highest BCUT2D eigenvalue weighted by Crippen LogP contribution is 2.24. The maximum atomic E-state index is 12.5. The van der Waals surface area contributed by atoms with Gasteiger partial charge in [0.1, 0.15) is 0 Å². The minimum atomic E-state index is 0. The monoisotopic (exact) mass is 372 g/mol. The average molecular weight is 373 g/mol. The van der Waals surface area contributed by atoms with Crippen LogP contribution < -0.4 is 5.32 Å². The van der Waals surface area contributed by atoms with E-state index in [1.54, 1.807) is 0 Å². The molecule has 3 nitrogen and oxygen atoms in total. The number of aryl methyl sites for hydroxylation is 1. The minimum absolute atomic E-state index is 0. The molecule has 1 unspecified atom stereocenters. The van der Waals surface area contributed by atoms with E-state index in [0.29, 0.717) is 6.54 Å². The molecule has 4 heteroatoms. The first-order valence-corrected chi connectivity index (χ1v) is 9.38. The summed E-state index contributed by atoms with van der Waals surface area (Å²) in [7, 11) is 0. The molecule has 1 heterocycles. The number of hydrogen-bond acceptors (Lipinski definition) is 2. The zero-order valence-corrected chi connectivity index (χ0v) is 16.3. The van der Waals surface area contributed by atoms with Gasteiger partial charge >= 0.3 is 0 Å². The molecule has 3 rings (SSSR count). The fraction of sp³-hybridized carbons (Fsp3) is 0.409. The highest BCUT2D eigenvalue weighted by molar-refractivity contribution is 5.94. The molecule has 0 radical (unpaired) electrons. The molecule has 1 aliphatic rings. The summed E-state index contributed by atoms with van der Waals surface area (Å²) in [4.78, 5) is 15.0. The smallest absolute Gasteiger partial charge is 0.251 e. The van der Waals surface area contributed by atoms with Crippen molar-refractivity contribution in [2.24, 2.45) is 0 Å². The van der Waals surface area contributed by atoms with Crippen molar-refractivity contribution in [3.05, 3.63) is 71.3 Å². The predicted molar refractivity (Wildman–Crippen MR) is 110 cm³/mol. The summed E-state index contributed by atoms with van der Waals surface area (Å²) in [5.41, 5.74) is 3.29. The van der Waals surface area contributed by atoms with Crippen molar-refractivity contribution in [1.82, 2.24) is 10.2 Å². The molecule has 0 aromatic heterocycles. The Hall–Kier alpha value is -1.84. The number of nitrogens with zero attached hydrogens (tertiary/aromatic N) is 1. The Labute approximate surface area is 163 Å². The number of likely N-dealkylation sites (tertiary alicyclic amines) is 1. The van der Waals surface area contributed by atoms with E-state index in [-0.39, 0.29) is 24.4 Å². The molecule has 1 fully saturated rings. The lowest BCUT2D eigenvalue weighted by Gasteiger charge is -2.31. The second kappa shape index (κ2) is 10.3. The van der Waals surface area contributed by atoms with E-state index in [2.05, 4.69) is 41.4 Å². The van der Waals surface area contributed by atoms with Gasteiger partial charge in [-0.1, -0.05) is 60.9 Å². The molecule has 0 saturated carbocycles. The number of rotatable bonds is 5. The molecule has 0 spiro atoms. The van der Waals surface area contributed by atoms with E-state index < -0.39 is 0 Å². The molecule has 2 aromatic rings. The highest BCUT2D eigenvalue weighted by atomic mass is 35.5. The van der Waals surface area contributed by atoms with Crippen LogP contribution in [0.15, 0.2) is 54.6 Å². The summed E-state index contributed by atoms with van der Waals surface area (Å²) in [6.45, 7) is 4.98.